The highest BCUT2D eigenvalue weighted by molar-refractivity contribution is 7.99. The lowest BCUT2D eigenvalue weighted by atomic mass is 10.1. The van der Waals surface area contributed by atoms with Crippen molar-refractivity contribution in [3.8, 4) is 6.07 Å². The van der Waals surface area contributed by atoms with E-state index in [1.54, 1.807) is 0 Å². The Morgan fingerprint density at radius 2 is 2.04 bits per heavy atom. The largest absolute Gasteiger partial charge is 0.417 e. The molecule has 5 nitrogen and oxygen atoms in total. The summed E-state index contributed by atoms with van der Waals surface area (Å²) in [6.07, 6.45) is -3.58. The van der Waals surface area contributed by atoms with Crippen LogP contribution in [0.15, 0.2) is 40.4 Å². The van der Waals surface area contributed by atoms with E-state index in [9.17, 15) is 23.3 Å². The van der Waals surface area contributed by atoms with E-state index in [0.29, 0.717) is 10.6 Å². The summed E-state index contributed by atoms with van der Waals surface area (Å²) in [5.74, 6) is 0. The number of pyridine rings is 1. The maximum atomic E-state index is 12.9. The van der Waals surface area contributed by atoms with Crippen molar-refractivity contribution in [1.82, 2.24) is 4.98 Å². The zero-order valence-corrected chi connectivity index (χ0v) is 12.4. The number of hydrogen-bond acceptors (Lipinski definition) is 5. The van der Waals surface area contributed by atoms with Gasteiger partial charge in [0.1, 0.15) is 11.2 Å². The lowest BCUT2D eigenvalue weighted by Crippen LogP contribution is -2.07. The fraction of sp³-hybridized carbons (Fsp3) is 0.143. The molecule has 0 N–H and O–H groups in total. The monoisotopic (exact) mass is 339 g/mol. The van der Waals surface area contributed by atoms with Gasteiger partial charge in [0.2, 0.25) is 0 Å². The van der Waals surface area contributed by atoms with E-state index in [0.717, 1.165) is 30.1 Å². The molecule has 118 valence electrons. The second kappa shape index (κ2) is 6.26. The fourth-order valence-electron chi connectivity index (χ4n) is 1.81. The Labute approximate surface area is 132 Å². The van der Waals surface area contributed by atoms with Gasteiger partial charge < -0.3 is 0 Å². The van der Waals surface area contributed by atoms with Crippen LogP contribution in [0.1, 0.15) is 16.7 Å². The molecule has 0 radical (unpaired) electrons. The van der Waals surface area contributed by atoms with Crippen LogP contribution in [0.25, 0.3) is 0 Å². The van der Waals surface area contributed by atoms with Crippen molar-refractivity contribution in [2.45, 2.75) is 23.0 Å². The highest BCUT2D eigenvalue weighted by atomic mass is 32.2. The number of nitrogens with zero attached hydrogens (tertiary/aromatic N) is 3. The van der Waals surface area contributed by atoms with Crippen LogP contribution in [-0.4, -0.2) is 9.91 Å². The Morgan fingerprint density at radius 1 is 1.35 bits per heavy atom. The lowest BCUT2D eigenvalue weighted by molar-refractivity contribution is -0.385. The second-order valence-corrected chi connectivity index (χ2v) is 5.58. The predicted molar refractivity (Wildman–Crippen MR) is 75.9 cm³/mol. The summed E-state index contributed by atoms with van der Waals surface area (Å²) in [6.45, 7) is 1.52. The first kappa shape index (κ1) is 16.8. The van der Waals surface area contributed by atoms with Crippen LogP contribution >= 0.6 is 11.8 Å². The molecular weight excluding hydrogens is 331 g/mol. The number of benzene rings is 1. The molecule has 0 aliphatic carbocycles. The molecule has 0 saturated carbocycles. The molecule has 0 aliphatic rings. The van der Waals surface area contributed by atoms with Gasteiger partial charge in [-0.3, -0.25) is 10.1 Å². The van der Waals surface area contributed by atoms with Crippen LogP contribution in [0, 0.1) is 28.4 Å². The Bertz CT molecular complexity index is 816. The van der Waals surface area contributed by atoms with Gasteiger partial charge in [0.15, 0.2) is 0 Å². The minimum atomic E-state index is -4.64. The molecule has 23 heavy (non-hydrogen) atoms. The van der Waals surface area contributed by atoms with E-state index in [4.69, 9.17) is 5.26 Å². The number of nitriles is 1. The molecule has 2 rings (SSSR count). The molecule has 0 amide bonds. The minimum absolute atomic E-state index is 0.162. The van der Waals surface area contributed by atoms with Crippen LogP contribution in [0.4, 0.5) is 18.9 Å². The first-order valence-electron chi connectivity index (χ1n) is 6.12. The molecular formula is C14H8F3N3O2S. The maximum Gasteiger partial charge on any atom is 0.417 e. The third-order valence-electron chi connectivity index (χ3n) is 2.89. The van der Waals surface area contributed by atoms with Crippen LogP contribution in [0.2, 0.25) is 0 Å². The van der Waals surface area contributed by atoms with Crippen LogP contribution in [-0.2, 0) is 6.18 Å². The number of alkyl halides is 3. The SMILES string of the molecule is Cc1cc(Sc2ccc(C#N)c(C(F)(F)F)c2)ncc1[N+](=O)[O-]. The summed E-state index contributed by atoms with van der Waals surface area (Å²) in [5, 5.41) is 19.8. The van der Waals surface area contributed by atoms with Gasteiger partial charge in [-0.1, -0.05) is 11.8 Å². The Morgan fingerprint density at radius 3 is 2.57 bits per heavy atom. The zero-order valence-electron chi connectivity index (χ0n) is 11.6. The highest BCUT2D eigenvalue weighted by Crippen LogP contribution is 2.36. The average Bonchev–Trinajstić information content (AvgIpc) is 2.46. The van der Waals surface area contributed by atoms with Crippen molar-refractivity contribution in [1.29, 1.82) is 5.26 Å². The first-order valence-corrected chi connectivity index (χ1v) is 6.94. The molecule has 1 aromatic heterocycles. The topological polar surface area (TPSA) is 79.8 Å². The average molecular weight is 339 g/mol. The maximum absolute atomic E-state index is 12.9. The van der Waals surface area contributed by atoms with Gasteiger partial charge in [-0.25, -0.2) is 4.98 Å². The molecule has 2 aromatic rings. The standard InChI is InChI=1S/C14H8F3N3O2S/c1-8-4-13(19-7-12(8)20(21)22)23-10-3-2-9(6-18)11(5-10)14(15,16)17/h2-5,7H,1H3. The zero-order chi connectivity index (χ0) is 17.2. The third-order valence-corrected chi connectivity index (χ3v) is 3.82. The summed E-state index contributed by atoms with van der Waals surface area (Å²) in [6, 6.07) is 6.25. The number of rotatable bonds is 3. The molecule has 0 unspecified atom stereocenters. The first-order chi connectivity index (χ1) is 10.7. The quantitative estimate of drug-likeness (QED) is 0.614. The molecule has 0 saturated heterocycles. The smallest absolute Gasteiger partial charge is 0.258 e. The molecule has 0 fully saturated rings. The van der Waals surface area contributed by atoms with Crippen molar-refractivity contribution >= 4 is 17.4 Å². The number of aromatic nitrogens is 1. The van der Waals surface area contributed by atoms with Crippen LogP contribution < -0.4 is 0 Å². The van der Waals surface area contributed by atoms with Gasteiger partial charge in [0.05, 0.1) is 22.1 Å². The lowest BCUT2D eigenvalue weighted by Gasteiger charge is -2.10. The number of nitro groups is 1. The second-order valence-electron chi connectivity index (χ2n) is 4.49. The number of aryl methyl sites for hydroxylation is 1. The number of halogens is 3. The minimum Gasteiger partial charge on any atom is -0.258 e. The van der Waals surface area contributed by atoms with Crippen LogP contribution in [0.3, 0.4) is 0 Å². The summed E-state index contributed by atoms with van der Waals surface area (Å²) >= 11 is 0.929. The van der Waals surface area contributed by atoms with Gasteiger partial charge in [-0.05, 0) is 31.2 Å². The fourth-order valence-corrected chi connectivity index (χ4v) is 2.71. The highest BCUT2D eigenvalue weighted by Gasteiger charge is 2.33. The molecule has 1 heterocycles. The van der Waals surface area contributed by atoms with E-state index >= 15 is 0 Å². The van der Waals surface area contributed by atoms with Crippen molar-refractivity contribution in [3.63, 3.8) is 0 Å². The summed E-state index contributed by atoms with van der Waals surface area (Å²) in [7, 11) is 0. The Hall–Kier alpha value is -2.60. The van der Waals surface area contributed by atoms with Crippen LogP contribution in [0.5, 0.6) is 0 Å². The predicted octanol–water partition coefficient (Wildman–Crippen LogP) is 4.34. The van der Waals surface area contributed by atoms with Gasteiger partial charge in [-0.2, -0.15) is 18.4 Å². The Balaban J connectivity index is 2.36. The van der Waals surface area contributed by atoms with E-state index in [1.807, 2.05) is 0 Å². The van der Waals surface area contributed by atoms with Crippen molar-refractivity contribution in [2.24, 2.45) is 0 Å². The van der Waals surface area contributed by atoms with Gasteiger partial charge >= 0.3 is 6.18 Å². The Kier molecular flexibility index (Phi) is 4.56. The summed E-state index contributed by atoms with van der Waals surface area (Å²) in [5.41, 5.74) is -1.29. The van der Waals surface area contributed by atoms with Gasteiger partial charge in [0.25, 0.3) is 5.69 Å². The normalized spacial score (nSPS) is 11.1. The molecule has 1 aromatic carbocycles. The van der Waals surface area contributed by atoms with Gasteiger partial charge in [-0.15, -0.1) is 0 Å². The van der Waals surface area contributed by atoms with Gasteiger partial charge in [0, 0.05) is 10.5 Å². The molecule has 0 atom stereocenters. The molecule has 9 heteroatoms. The van der Waals surface area contributed by atoms with E-state index in [-0.39, 0.29) is 10.6 Å². The van der Waals surface area contributed by atoms with E-state index in [1.165, 1.54) is 25.1 Å². The third kappa shape index (κ3) is 3.78. The van der Waals surface area contributed by atoms with Crippen molar-refractivity contribution in [2.75, 3.05) is 0 Å². The number of hydrogen-bond donors (Lipinski definition) is 0. The van der Waals surface area contributed by atoms with Crippen molar-refractivity contribution < 1.29 is 18.1 Å². The van der Waals surface area contributed by atoms with Crippen molar-refractivity contribution in [3.05, 3.63) is 57.3 Å². The molecule has 0 spiro atoms. The summed E-state index contributed by atoms with van der Waals surface area (Å²) in [4.78, 5) is 14.2. The summed E-state index contributed by atoms with van der Waals surface area (Å²) < 4.78 is 38.7. The molecule has 0 aliphatic heterocycles. The van der Waals surface area contributed by atoms with E-state index < -0.39 is 22.2 Å². The van der Waals surface area contributed by atoms with E-state index in [2.05, 4.69) is 4.98 Å². The molecule has 0 bridgehead atoms.